The third-order valence-electron chi connectivity index (χ3n) is 1.50. The predicted molar refractivity (Wildman–Crippen MR) is 51.6 cm³/mol. The van der Waals surface area contributed by atoms with Crippen LogP contribution < -0.4 is 4.98 Å². The number of rotatable bonds is 6. The molecule has 0 radical (unpaired) electrons. The second kappa shape index (κ2) is 6.77. The van der Waals surface area contributed by atoms with Gasteiger partial charge in [0.25, 0.3) is 0 Å². The summed E-state index contributed by atoms with van der Waals surface area (Å²) in [5.74, 6) is 0. The van der Waals surface area contributed by atoms with Crippen LogP contribution in [0.5, 0.6) is 0 Å². The summed E-state index contributed by atoms with van der Waals surface area (Å²) in [5.41, 5.74) is 0. The Morgan fingerprint density at radius 3 is 2.07 bits per heavy atom. The van der Waals surface area contributed by atoms with Gasteiger partial charge in [-0.3, -0.25) is 4.98 Å². The molecule has 0 aromatic carbocycles. The summed E-state index contributed by atoms with van der Waals surface area (Å²) in [6.07, 6.45) is 0.165. The van der Waals surface area contributed by atoms with E-state index < -0.39 is 15.1 Å². The lowest BCUT2D eigenvalue weighted by Gasteiger charge is -2.23. The lowest BCUT2D eigenvalue weighted by Crippen LogP contribution is -2.59. The summed E-state index contributed by atoms with van der Waals surface area (Å²) in [4.78, 5) is 13.6. The lowest BCUT2D eigenvalue weighted by molar-refractivity contribution is 0.0976. The van der Waals surface area contributed by atoms with Crippen LogP contribution in [0.3, 0.4) is 0 Å². The molecule has 84 valence electrons. The van der Waals surface area contributed by atoms with Gasteiger partial charge < -0.3 is 18.0 Å². The zero-order valence-corrected chi connectivity index (χ0v) is 9.96. The fourth-order valence-corrected chi connectivity index (χ4v) is 1.89. The zero-order valence-electron chi connectivity index (χ0n) is 8.96. The number of hydrogen-bond donors (Lipinski definition) is 1. The normalized spacial score (nSPS) is 11.1. The van der Waals surface area contributed by atoms with Crippen LogP contribution in [0.2, 0.25) is 0 Å². The van der Waals surface area contributed by atoms with E-state index in [1.54, 1.807) is 0 Å². The Kier molecular flexibility index (Phi) is 6.46. The fraction of sp³-hybridized carbons (Fsp3) is 0.857. The van der Waals surface area contributed by atoms with Crippen molar-refractivity contribution in [2.75, 3.05) is 27.9 Å². The summed E-state index contributed by atoms with van der Waals surface area (Å²) in [7, 11) is 1.15. The Morgan fingerprint density at radius 2 is 1.71 bits per heavy atom. The number of nitrogens with one attached hydrogen (secondary N) is 1. The molecule has 0 aliphatic rings. The van der Waals surface area contributed by atoms with Crippen LogP contribution in [0.1, 0.15) is 13.3 Å². The quantitative estimate of drug-likeness (QED) is 0.664. The molecular weight excluding hydrogens is 206 g/mol. The van der Waals surface area contributed by atoms with Crippen LogP contribution in [0.25, 0.3) is 0 Å². The maximum absolute atomic E-state index is 11.2. The molecule has 1 N–H and O–H groups in total. The molecule has 0 saturated carbocycles. The molecule has 0 aromatic rings. The predicted octanol–water partition coefficient (Wildman–Crippen LogP) is 0.497. The highest BCUT2D eigenvalue weighted by Gasteiger charge is 2.42. The lowest BCUT2D eigenvalue weighted by atomic mass is 10.5. The standard InChI is InChI=1S/C7H17NO5Si/c1-5-6-13-7(9)8-14(10-2,11-3)12-4/h5-6H2,1-4H3,(H,8,9). The first-order chi connectivity index (χ1) is 6.64. The number of ether oxygens (including phenoxy) is 1. The van der Waals surface area contributed by atoms with E-state index >= 15 is 0 Å². The van der Waals surface area contributed by atoms with Crippen molar-refractivity contribution in [2.24, 2.45) is 0 Å². The van der Waals surface area contributed by atoms with Crippen molar-refractivity contribution in [3.05, 3.63) is 0 Å². The third-order valence-corrected chi connectivity index (χ3v) is 3.62. The van der Waals surface area contributed by atoms with Gasteiger partial charge in [-0.25, -0.2) is 4.79 Å². The van der Waals surface area contributed by atoms with Crippen molar-refractivity contribution in [1.29, 1.82) is 0 Å². The SMILES string of the molecule is CCCOC(=O)N[Si](OC)(OC)OC. The molecule has 0 rings (SSSR count). The molecule has 0 aromatic heterocycles. The Morgan fingerprint density at radius 1 is 1.21 bits per heavy atom. The van der Waals surface area contributed by atoms with E-state index in [0.717, 1.165) is 6.42 Å². The van der Waals surface area contributed by atoms with Crippen LogP contribution in [0, 0.1) is 0 Å². The highest BCUT2D eigenvalue weighted by Crippen LogP contribution is 2.01. The number of hydrogen-bond acceptors (Lipinski definition) is 5. The van der Waals surface area contributed by atoms with Gasteiger partial charge in [0.1, 0.15) is 0 Å². The molecule has 6 nitrogen and oxygen atoms in total. The number of carbonyl (C=O) groups is 1. The largest absolute Gasteiger partial charge is 0.635 e. The van der Waals surface area contributed by atoms with Gasteiger partial charge in [0, 0.05) is 21.3 Å². The smallest absolute Gasteiger partial charge is 0.450 e. The zero-order chi connectivity index (χ0) is 11.0. The third kappa shape index (κ3) is 4.05. The van der Waals surface area contributed by atoms with Crippen molar-refractivity contribution in [3.63, 3.8) is 0 Å². The van der Waals surface area contributed by atoms with Gasteiger partial charge in [-0.15, -0.1) is 0 Å². The second-order valence-corrected chi connectivity index (χ2v) is 5.02. The van der Waals surface area contributed by atoms with Gasteiger partial charge in [-0.2, -0.15) is 0 Å². The molecule has 1 amide bonds. The van der Waals surface area contributed by atoms with Crippen molar-refractivity contribution in [2.45, 2.75) is 13.3 Å². The Labute approximate surface area is 84.9 Å². The average Bonchev–Trinajstić information content (AvgIpc) is 2.23. The molecule has 0 heterocycles. The summed E-state index contributed by atoms with van der Waals surface area (Å²) in [5, 5.41) is 0. The molecule has 0 bridgehead atoms. The van der Waals surface area contributed by atoms with E-state index in [-0.39, 0.29) is 0 Å². The molecular formula is C7H17NO5Si. The number of carbonyl (C=O) groups excluding carboxylic acids is 1. The molecule has 0 saturated heterocycles. The fourth-order valence-electron chi connectivity index (χ4n) is 0.759. The van der Waals surface area contributed by atoms with Crippen molar-refractivity contribution in [3.8, 4) is 0 Å². The maximum Gasteiger partial charge on any atom is 0.635 e. The van der Waals surface area contributed by atoms with Crippen molar-refractivity contribution in [1.82, 2.24) is 4.98 Å². The minimum Gasteiger partial charge on any atom is -0.450 e. The summed E-state index contributed by atoms with van der Waals surface area (Å²) in [6.45, 7) is 2.26. The molecule has 14 heavy (non-hydrogen) atoms. The average molecular weight is 223 g/mol. The second-order valence-electron chi connectivity index (χ2n) is 2.43. The Bertz CT molecular complexity index is 165. The molecule has 0 unspecified atom stereocenters. The topological polar surface area (TPSA) is 66.0 Å². The van der Waals surface area contributed by atoms with Crippen LogP contribution in [0.15, 0.2) is 0 Å². The van der Waals surface area contributed by atoms with E-state index in [1.165, 1.54) is 21.3 Å². The van der Waals surface area contributed by atoms with Gasteiger partial charge >= 0.3 is 15.1 Å². The van der Waals surface area contributed by atoms with Gasteiger partial charge in [-0.05, 0) is 6.42 Å². The molecule has 0 atom stereocenters. The molecule has 0 spiro atoms. The van der Waals surface area contributed by atoms with Crippen molar-refractivity contribution >= 4 is 15.1 Å². The van der Waals surface area contributed by atoms with E-state index in [4.69, 9.17) is 18.0 Å². The summed E-state index contributed by atoms with van der Waals surface area (Å²) >= 11 is 0. The highest BCUT2D eigenvalue weighted by molar-refractivity contribution is 6.60. The first-order valence-corrected chi connectivity index (χ1v) is 5.97. The van der Waals surface area contributed by atoms with E-state index in [9.17, 15) is 4.79 Å². The highest BCUT2D eigenvalue weighted by atomic mass is 28.4. The van der Waals surface area contributed by atoms with E-state index in [0.29, 0.717) is 6.61 Å². The first-order valence-electron chi connectivity index (χ1n) is 4.24. The van der Waals surface area contributed by atoms with Crippen LogP contribution in [-0.2, 0) is 18.0 Å². The molecule has 7 heteroatoms. The Balaban J connectivity index is 4.08. The monoisotopic (exact) mass is 223 g/mol. The minimum absolute atomic E-state index is 0.355. The van der Waals surface area contributed by atoms with Gasteiger partial charge in [0.2, 0.25) is 0 Å². The molecule has 0 aliphatic heterocycles. The summed E-state index contributed by atoms with van der Waals surface area (Å²) < 4.78 is 19.7. The van der Waals surface area contributed by atoms with Gasteiger partial charge in [0.05, 0.1) is 6.61 Å². The van der Waals surface area contributed by atoms with E-state index in [1.807, 2.05) is 6.92 Å². The van der Waals surface area contributed by atoms with Gasteiger partial charge in [-0.1, -0.05) is 6.92 Å². The van der Waals surface area contributed by atoms with Gasteiger partial charge in [0.15, 0.2) is 0 Å². The number of amides is 1. The molecule has 0 aliphatic carbocycles. The molecule has 0 fully saturated rings. The first kappa shape index (κ1) is 13.4. The van der Waals surface area contributed by atoms with Crippen molar-refractivity contribution < 1.29 is 22.8 Å². The van der Waals surface area contributed by atoms with E-state index in [2.05, 4.69) is 4.98 Å². The minimum atomic E-state index is -3.06. The van der Waals surface area contributed by atoms with Crippen LogP contribution >= 0.6 is 0 Å². The van der Waals surface area contributed by atoms with Crippen LogP contribution in [-0.4, -0.2) is 43.0 Å². The summed E-state index contributed by atoms with van der Waals surface area (Å²) in [6, 6.07) is 0. The van der Waals surface area contributed by atoms with Crippen LogP contribution in [0.4, 0.5) is 4.79 Å². The Hall–Kier alpha value is -0.633. The maximum atomic E-state index is 11.2.